The first-order chi connectivity index (χ1) is 13.1. The Morgan fingerprint density at radius 2 is 2.15 bits per heavy atom. The number of fused-ring (bicyclic) bond motifs is 1. The third-order valence-corrected chi connectivity index (χ3v) is 4.41. The number of aliphatic hydroxyl groups excluding tert-OH is 3. The molecule has 0 amide bonds. The smallest absolute Gasteiger partial charge is 0.300 e. The molecule has 144 valence electrons. The van der Waals surface area contributed by atoms with Crippen molar-refractivity contribution in [2.75, 3.05) is 19.0 Å². The molecular weight excluding hydrogens is 358 g/mol. The molecule has 1 aliphatic rings. The molecular formula is C16H19N5O6. The van der Waals surface area contributed by atoms with Crippen LogP contribution >= 0.6 is 0 Å². The predicted octanol–water partition coefficient (Wildman–Crippen LogP) is -0.349. The van der Waals surface area contributed by atoms with Crippen LogP contribution in [0.15, 0.2) is 29.1 Å². The van der Waals surface area contributed by atoms with E-state index in [1.165, 1.54) is 18.0 Å². The van der Waals surface area contributed by atoms with Gasteiger partial charge in [0, 0.05) is 0 Å². The fraction of sp³-hybridized carbons (Fsp3) is 0.438. The number of aromatic nitrogens is 4. The molecule has 0 bridgehead atoms. The number of hydrogen-bond acceptors (Lipinski definition) is 10. The molecule has 11 nitrogen and oxygen atoms in total. The molecule has 0 aromatic carbocycles. The number of nitrogens with zero attached hydrogens (tertiary/aromatic N) is 4. The molecule has 0 aliphatic carbocycles. The number of ether oxygens (including phenoxy) is 2. The Balaban J connectivity index is 1.72. The largest absolute Gasteiger partial charge is 0.468 e. The van der Waals surface area contributed by atoms with E-state index in [0.29, 0.717) is 23.5 Å². The summed E-state index contributed by atoms with van der Waals surface area (Å²) < 4.78 is 17.6. The van der Waals surface area contributed by atoms with Gasteiger partial charge in [-0.1, -0.05) is 0 Å². The highest BCUT2D eigenvalue weighted by molar-refractivity contribution is 5.83. The average Bonchev–Trinajstić information content (AvgIpc) is 3.39. The molecule has 4 atom stereocenters. The molecule has 4 heterocycles. The van der Waals surface area contributed by atoms with Crippen LogP contribution in [0.5, 0.6) is 6.01 Å². The van der Waals surface area contributed by atoms with Gasteiger partial charge in [0.15, 0.2) is 23.2 Å². The van der Waals surface area contributed by atoms with E-state index >= 15 is 0 Å². The van der Waals surface area contributed by atoms with Gasteiger partial charge in [-0.2, -0.15) is 4.98 Å². The lowest BCUT2D eigenvalue weighted by molar-refractivity contribution is -0.0537. The molecule has 1 aliphatic heterocycles. The Hall–Kier alpha value is -2.73. The molecule has 1 saturated heterocycles. The predicted molar refractivity (Wildman–Crippen MR) is 90.9 cm³/mol. The van der Waals surface area contributed by atoms with Gasteiger partial charge in [-0.25, -0.2) is 14.5 Å². The Bertz CT molecular complexity index is 914. The Labute approximate surface area is 153 Å². The fourth-order valence-electron chi connectivity index (χ4n) is 3.07. The van der Waals surface area contributed by atoms with Gasteiger partial charge in [-0.3, -0.25) is 0 Å². The van der Waals surface area contributed by atoms with Crippen molar-refractivity contribution in [3.8, 4) is 6.01 Å². The third kappa shape index (κ3) is 3.00. The summed E-state index contributed by atoms with van der Waals surface area (Å²) >= 11 is 0. The molecule has 11 heteroatoms. The minimum Gasteiger partial charge on any atom is -0.468 e. The molecule has 4 rings (SSSR count). The van der Waals surface area contributed by atoms with E-state index in [1.54, 1.807) is 12.3 Å². The number of furan rings is 1. The highest BCUT2D eigenvalue weighted by Crippen LogP contribution is 2.36. The average molecular weight is 377 g/mol. The summed E-state index contributed by atoms with van der Waals surface area (Å²) in [6.07, 6.45) is -1.57. The van der Waals surface area contributed by atoms with E-state index in [-0.39, 0.29) is 6.01 Å². The lowest BCUT2D eigenvalue weighted by Crippen LogP contribution is -2.33. The van der Waals surface area contributed by atoms with Crippen LogP contribution in [0.4, 0.5) is 5.82 Å². The van der Waals surface area contributed by atoms with Crippen molar-refractivity contribution in [2.24, 2.45) is 0 Å². The molecule has 1 fully saturated rings. The molecule has 4 N–H and O–H groups in total. The minimum absolute atomic E-state index is 0.126. The van der Waals surface area contributed by atoms with Gasteiger partial charge in [0.2, 0.25) is 0 Å². The van der Waals surface area contributed by atoms with Gasteiger partial charge >= 0.3 is 6.01 Å². The van der Waals surface area contributed by atoms with Gasteiger partial charge in [-0.05, 0) is 12.1 Å². The summed E-state index contributed by atoms with van der Waals surface area (Å²) in [6.45, 7) is -0.0449. The summed E-state index contributed by atoms with van der Waals surface area (Å²) in [5.74, 6) is 1.16. The van der Waals surface area contributed by atoms with E-state index in [0.717, 1.165) is 5.76 Å². The maximum absolute atomic E-state index is 10.3. The van der Waals surface area contributed by atoms with Crippen molar-refractivity contribution in [1.29, 1.82) is 0 Å². The summed E-state index contributed by atoms with van der Waals surface area (Å²) in [4.78, 5) is 12.8. The number of methoxy groups -OCH3 is 1. The van der Waals surface area contributed by atoms with Gasteiger partial charge in [0.1, 0.15) is 30.4 Å². The van der Waals surface area contributed by atoms with Crippen molar-refractivity contribution in [2.45, 2.75) is 31.1 Å². The van der Waals surface area contributed by atoms with Crippen molar-refractivity contribution in [1.82, 2.24) is 19.5 Å². The van der Waals surface area contributed by atoms with Crippen LogP contribution in [0, 0.1) is 0 Å². The Morgan fingerprint density at radius 1 is 1.30 bits per heavy atom. The topological polar surface area (TPSA) is 148 Å². The quantitative estimate of drug-likeness (QED) is 0.449. The summed E-state index contributed by atoms with van der Waals surface area (Å²) in [5, 5.41) is 32.8. The minimum atomic E-state index is -1.29. The lowest BCUT2D eigenvalue weighted by Gasteiger charge is -2.18. The van der Waals surface area contributed by atoms with Crippen LogP contribution in [0.1, 0.15) is 12.0 Å². The van der Waals surface area contributed by atoms with E-state index in [2.05, 4.69) is 20.3 Å². The van der Waals surface area contributed by atoms with Crippen molar-refractivity contribution in [3.05, 3.63) is 30.5 Å². The van der Waals surface area contributed by atoms with Crippen LogP contribution in [-0.4, -0.2) is 66.9 Å². The maximum Gasteiger partial charge on any atom is 0.300 e. The van der Waals surface area contributed by atoms with Crippen LogP contribution < -0.4 is 10.1 Å². The molecule has 0 radical (unpaired) electrons. The normalized spacial score (nSPS) is 25.2. The van der Waals surface area contributed by atoms with Crippen LogP contribution in [0.25, 0.3) is 11.2 Å². The number of aliphatic hydroxyl groups is 3. The number of hydrogen-bond donors (Lipinski definition) is 4. The number of anilines is 1. The molecule has 0 spiro atoms. The van der Waals surface area contributed by atoms with E-state index in [1.807, 2.05) is 6.07 Å². The van der Waals surface area contributed by atoms with Gasteiger partial charge in [0.05, 0.1) is 26.5 Å². The van der Waals surface area contributed by atoms with Gasteiger partial charge < -0.3 is 34.5 Å². The first-order valence-electron chi connectivity index (χ1n) is 8.29. The van der Waals surface area contributed by atoms with E-state index in [4.69, 9.17) is 13.9 Å². The third-order valence-electron chi connectivity index (χ3n) is 4.41. The van der Waals surface area contributed by atoms with Gasteiger partial charge in [0.25, 0.3) is 0 Å². The Kier molecular flexibility index (Phi) is 4.66. The van der Waals surface area contributed by atoms with Crippen molar-refractivity contribution >= 4 is 17.0 Å². The molecule has 0 saturated carbocycles. The standard InChI is InChI=1S/C16H19N5O6/c1-25-16-20-10-13(17-5-8-3-2-4-26-8)18-7-19-14(10)21(16)15-12(24)11(23)9(6-22)27-15/h2-4,7,9,11-12,15,22-24H,5-6H2,1H3,(H,17,18,19)/t9-,11-,12-,15-/m1/s1. The SMILES string of the molecule is COc1nc2c(NCc3ccco3)ncnc2n1[C@@H]1O[C@H](CO)[C@@H](O)[C@H]1O. The zero-order valence-electron chi connectivity index (χ0n) is 14.4. The molecule has 0 unspecified atom stereocenters. The lowest BCUT2D eigenvalue weighted by atomic mass is 10.1. The number of rotatable bonds is 6. The summed E-state index contributed by atoms with van der Waals surface area (Å²) in [6, 6.07) is 3.73. The van der Waals surface area contributed by atoms with Crippen LogP contribution in [0.2, 0.25) is 0 Å². The first-order valence-corrected chi connectivity index (χ1v) is 8.29. The van der Waals surface area contributed by atoms with E-state index in [9.17, 15) is 15.3 Å². The van der Waals surface area contributed by atoms with Gasteiger partial charge in [-0.15, -0.1) is 0 Å². The first kappa shape index (κ1) is 17.7. The molecule has 27 heavy (non-hydrogen) atoms. The van der Waals surface area contributed by atoms with Crippen LogP contribution in [-0.2, 0) is 11.3 Å². The van der Waals surface area contributed by atoms with E-state index < -0.39 is 31.1 Å². The highest BCUT2D eigenvalue weighted by Gasteiger charge is 2.45. The molecule has 3 aromatic heterocycles. The zero-order chi connectivity index (χ0) is 19.0. The second-order valence-electron chi connectivity index (χ2n) is 6.02. The summed E-state index contributed by atoms with van der Waals surface area (Å²) in [7, 11) is 1.42. The summed E-state index contributed by atoms with van der Waals surface area (Å²) in [5.41, 5.74) is 0.747. The fourth-order valence-corrected chi connectivity index (χ4v) is 3.07. The number of imidazole rings is 1. The van der Waals surface area contributed by atoms with Crippen molar-refractivity contribution < 1.29 is 29.2 Å². The molecule has 3 aromatic rings. The zero-order valence-corrected chi connectivity index (χ0v) is 14.4. The maximum atomic E-state index is 10.3. The number of nitrogens with one attached hydrogen (secondary N) is 1. The van der Waals surface area contributed by atoms with Crippen molar-refractivity contribution in [3.63, 3.8) is 0 Å². The second kappa shape index (κ2) is 7.12. The highest BCUT2D eigenvalue weighted by atomic mass is 16.6. The monoisotopic (exact) mass is 377 g/mol. The second-order valence-corrected chi connectivity index (χ2v) is 6.02. The Morgan fingerprint density at radius 3 is 2.81 bits per heavy atom. The van der Waals surface area contributed by atoms with Crippen LogP contribution in [0.3, 0.4) is 0 Å².